The van der Waals surface area contributed by atoms with E-state index < -0.39 is 0 Å². The molecule has 1 heterocycles. The van der Waals surface area contributed by atoms with Crippen LogP contribution in [-0.2, 0) is 9.53 Å². The lowest BCUT2D eigenvalue weighted by atomic mass is 10.3. The third-order valence-corrected chi connectivity index (χ3v) is 2.23. The maximum Gasteiger partial charge on any atom is 0.325 e. The second-order valence-corrected chi connectivity index (χ2v) is 3.62. The zero-order chi connectivity index (χ0) is 12.7. The molecule has 0 radical (unpaired) electrons. The fraction of sp³-hybridized carbons (Fsp3) is 0.500. The number of aromatic nitrogens is 1. The third-order valence-electron chi connectivity index (χ3n) is 2.23. The fourth-order valence-corrected chi connectivity index (χ4v) is 1.52. The molecule has 0 aromatic carbocycles. The average Bonchev–Trinajstić information content (AvgIpc) is 2.81. The highest BCUT2D eigenvalue weighted by Gasteiger charge is 2.19. The van der Waals surface area contributed by atoms with Crippen LogP contribution in [0.25, 0.3) is 0 Å². The first-order valence-corrected chi connectivity index (χ1v) is 5.77. The van der Waals surface area contributed by atoms with Crippen LogP contribution in [0.4, 0.5) is 0 Å². The minimum absolute atomic E-state index is 0.000463. The lowest BCUT2D eigenvalue weighted by Crippen LogP contribution is -2.37. The van der Waals surface area contributed by atoms with Gasteiger partial charge in [0.25, 0.3) is 5.91 Å². The lowest BCUT2D eigenvalue weighted by Gasteiger charge is -2.20. The Balaban J connectivity index is 2.65. The molecular formula is C12H18N2O3. The van der Waals surface area contributed by atoms with Gasteiger partial charge in [0.15, 0.2) is 0 Å². The summed E-state index contributed by atoms with van der Waals surface area (Å²) in [5.74, 6) is -0.550. The Labute approximate surface area is 101 Å². The number of hydrogen-bond donors (Lipinski definition) is 1. The molecule has 0 aliphatic rings. The van der Waals surface area contributed by atoms with Crippen LogP contribution in [0.1, 0.15) is 30.8 Å². The van der Waals surface area contributed by atoms with E-state index in [9.17, 15) is 9.59 Å². The summed E-state index contributed by atoms with van der Waals surface area (Å²) in [6.07, 6.45) is 2.48. The molecule has 0 unspecified atom stereocenters. The van der Waals surface area contributed by atoms with Crippen LogP contribution < -0.4 is 0 Å². The molecule has 5 nitrogen and oxygen atoms in total. The standard InChI is InChI=1S/C12H18N2O3/c1-3-8-14(9-11(15)17-4-2)12(16)10-6-5-7-13-10/h5-7,13H,3-4,8-9H2,1-2H3. The van der Waals surface area contributed by atoms with Gasteiger partial charge in [0, 0.05) is 12.7 Å². The number of carbonyl (C=O) groups is 2. The van der Waals surface area contributed by atoms with Crippen LogP contribution in [-0.4, -0.2) is 41.5 Å². The molecule has 1 aromatic heterocycles. The van der Waals surface area contributed by atoms with E-state index in [1.54, 1.807) is 25.3 Å². The van der Waals surface area contributed by atoms with Crippen molar-refractivity contribution < 1.29 is 14.3 Å². The Bertz CT molecular complexity index is 360. The molecule has 0 atom stereocenters. The van der Waals surface area contributed by atoms with E-state index in [2.05, 4.69) is 4.98 Å². The number of amides is 1. The van der Waals surface area contributed by atoms with Gasteiger partial charge in [-0.05, 0) is 25.5 Å². The Morgan fingerprint density at radius 1 is 1.41 bits per heavy atom. The molecule has 0 bridgehead atoms. The first kappa shape index (κ1) is 13.3. The second kappa shape index (κ2) is 6.73. The van der Waals surface area contributed by atoms with Gasteiger partial charge >= 0.3 is 5.97 Å². The van der Waals surface area contributed by atoms with Gasteiger partial charge in [-0.3, -0.25) is 9.59 Å². The topological polar surface area (TPSA) is 62.4 Å². The number of rotatable bonds is 6. The Morgan fingerprint density at radius 2 is 2.18 bits per heavy atom. The van der Waals surface area contributed by atoms with Gasteiger partial charge in [-0.1, -0.05) is 6.92 Å². The smallest absolute Gasteiger partial charge is 0.325 e. The highest BCUT2D eigenvalue weighted by atomic mass is 16.5. The number of esters is 1. The molecule has 1 N–H and O–H groups in total. The van der Waals surface area contributed by atoms with Gasteiger partial charge in [0.1, 0.15) is 12.2 Å². The van der Waals surface area contributed by atoms with Crippen molar-refractivity contribution in [2.45, 2.75) is 20.3 Å². The first-order valence-electron chi connectivity index (χ1n) is 5.77. The van der Waals surface area contributed by atoms with E-state index in [1.165, 1.54) is 4.90 Å². The summed E-state index contributed by atoms with van der Waals surface area (Å²) >= 11 is 0. The number of carbonyl (C=O) groups excluding carboxylic acids is 2. The van der Waals surface area contributed by atoms with E-state index in [0.717, 1.165) is 6.42 Å². The summed E-state index contributed by atoms with van der Waals surface area (Å²) in [5, 5.41) is 0. The average molecular weight is 238 g/mol. The van der Waals surface area contributed by atoms with Crippen molar-refractivity contribution in [3.8, 4) is 0 Å². The van der Waals surface area contributed by atoms with Crippen LogP contribution in [0, 0.1) is 0 Å². The largest absolute Gasteiger partial charge is 0.465 e. The zero-order valence-electron chi connectivity index (χ0n) is 10.2. The summed E-state index contributed by atoms with van der Waals surface area (Å²) < 4.78 is 4.84. The van der Waals surface area contributed by atoms with Crippen molar-refractivity contribution in [1.82, 2.24) is 9.88 Å². The SMILES string of the molecule is CCCN(CC(=O)OCC)C(=O)c1ccc[nH]1. The van der Waals surface area contributed by atoms with Crippen molar-refractivity contribution in [3.63, 3.8) is 0 Å². The van der Waals surface area contributed by atoms with Crippen LogP contribution in [0.5, 0.6) is 0 Å². The summed E-state index contributed by atoms with van der Waals surface area (Å²) in [7, 11) is 0. The van der Waals surface area contributed by atoms with Crippen molar-refractivity contribution in [3.05, 3.63) is 24.0 Å². The van der Waals surface area contributed by atoms with E-state index in [4.69, 9.17) is 4.74 Å². The molecule has 0 saturated heterocycles. The van der Waals surface area contributed by atoms with Gasteiger partial charge in [-0.25, -0.2) is 0 Å². The maximum absolute atomic E-state index is 12.0. The summed E-state index contributed by atoms with van der Waals surface area (Å²) in [6.45, 7) is 4.57. The van der Waals surface area contributed by atoms with E-state index >= 15 is 0 Å². The number of hydrogen-bond acceptors (Lipinski definition) is 3. The second-order valence-electron chi connectivity index (χ2n) is 3.62. The Kier molecular flexibility index (Phi) is 5.26. The van der Waals surface area contributed by atoms with Crippen molar-refractivity contribution in [2.24, 2.45) is 0 Å². The maximum atomic E-state index is 12.0. The highest BCUT2D eigenvalue weighted by Crippen LogP contribution is 2.03. The molecule has 94 valence electrons. The fourth-order valence-electron chi connectivity index (χ4n) is 1.52. The number of aromatic amines is 1. The van der Waals surface area contributed by atoms with Crippen LogP contribution in [0.2, 0.25) is 0 Å². The van der Waals surface area contributed by atoms with Gasteiger partial charge in [0.05, 0.1) is 6.61 Å². The minimum atomic E-state index is -0.374. The summed E-state index contributed by atoms with van der Waals surface area (Å²) in [4.78, 5) is 27.7. The van der Waals surface area contributed by atoms with E-state index in [0.29, 0.717) is 18.8 Å². The normalized spacial score (nSPS) is 10.0. The molecule has 17 heavy (non-hydrogen) atoms. The monoisotopic (exact) mass is 238 g/mol. The first-order chi connectivity index (χ1) is 8.19. The van der Waals surface area contributed by atoms with E-state index in [1.807, 2.05) is 6.92 Å². The third kappa shape index (κ3) is 3.94. The number of ether oxygens (including phenoxy) is 1. The molecule has 1 rings (SSSR count). The van der Waals surface area contributed by atoms with Gasteiger partial charge in [-0.2, -0.15) is 0 Å². The predicted molar refractivity (Wildman–Crippen MR) is 63.6 cm³/mol. The number of nitrogens with zero attached hydrogens (tertiary/aromatic N) is 1. The van der Waals surface area contributed by atoms with Gasteiger partial charge in [-0.15, -0.1) is 0 Å². The number of H-pyrrole nitrogens is 1. The van der Waals surface area contributed by atoms with Crippen molar-refractivity contribution >= 4 is 11.9 Å². The van der Waals surface area contributed by atoms with Gasteiger partial charge < -0.3 is 14.6 Å². The molecule has 1 aromatic rings. The molecule has 0 aliphatic heterocycles. The van der Waals surface area contributed by atoms with Crippen molar-refractivity contribution in [2.75, 3.05) is 19.7 Å². The molecule has 0 spiro atoms. The predicted octanol–water partition coefficient (Wildman–Crippen LogP) is 1.43. The molecule has 1 amide bonds. The minimum Gasteiger partial charge on any atom is -0.465 e. The molecule has 0 fully saturated rings. The summed E-state index contributed by atoms with van der Waals surface area (Å²) in [6, 6.07) is 3.44. The number of nitrogens with one attached hydrogen (secondary N) is 1. The lowest BCUT2D eigenvalue weighted by molar-refractivity contribution is -0.143. The Morgan fingerprint density at radius 3 is 2.71 bits per heavy atom. The zero-order valence-corrected chi connectivity index (χ0v) is 10.2. The molecule has 5 heteroatoms. The quantitative estimate of drug-likeness (QED) is 0.762. The van der Waals surface area contributed by atoms with Gasteiger partial charge in [0.2, 0.25) is 0 Å². The Hall–Kier alpha value is -1.78. The van der Waals surface area contributed by atoms with Crippen LogP contribution >= 0.6 is 0 Å². The molecule has 0 aliphatic carbocycles. The van der Waals surface area contributed by atoms with Crippen LogP contribution in [0.15, 0.2) is 18.3 Å². The van der Waals surface area contributed by atoms with Crippen molar-refractivity contribution in [1.29, 1.82) is 0 Å². The van der Waals surface area contributed by atoms with Crippen LogP contribution in [0.3, 0.4) is 0 Å². The highest BCUT2D eigenvalue weighted by molar-refractivity contribution is 5.94. The summed E-state index contributed by atoms with van der Waals surface area (Å²) in [5.41, 5.74) is 0.489. The molecular weight excluding hydrogens is 220 g/mol. The van der Waals surface area contributed by atoms with E-state index in [-0.39, 0.29) is 18.4 Å². The molecule has 0 saturated carbocycles.